The standard InChI is InChI=1S/C13H17BrO2/c1-8(2)6-11-5-4-10(7-12(11)14)9(3)13(15)16/h4-5,7-9H,6H2,1-3H3,(H,15,16). The second-order valence-electron chi connectivity index (χ2n) is 4.51. The van der Waals surface area contributed by atoms with Crippen molar-refractivity contribution in [2.45, 2.75) is 33.1 Å². The van der Waals surface area contributed by atoms with Gasteiger partial charge in [0.2, 0.25) is 0 Å². The van der Waals surface area contributed by atoms with Crippen LogP contribution < -0.4 is 0 Å². The van der Waals surface area contributed by atoms with Crippen LogP contribution >= 0.6 is 15.9 Å². The van der Waals surface area contributed by atoms with Gasteiger partial charge >= 0.3 is 5.97 Å². The molecular weight excluding hydrogens is 268 g/mol. The van der Waals surface area contributed by atoms with Crippen LogP contribution in [0.4, 0.5) is 0 Å². The van der Waals surface area contributed by atoms with Gasteiger partial charge in [0.05, 0.1) is 5.92 Å². The number of hydrogen-bond donors (Lipinski definition) is 1. The Morgan fingerprint density at radius 1 is 1.38 bits per heavy atom. The summed E-state index contributed by atoms with van der Waals surface area (Å²) in [5, 5.41) is 8.93. The lowest BCUT2D eigenvalue weighted by Crippen LogP contribution is -2.07. The van der Waals surface area contributed by atoms with Crippen molar-refractivity contribution < 1.29 is 9.90 Å². The third-order valence-corrected chi connectivity index (χ3v) is 3.31. The highest BCUT2D eigenvalue weighted by Crippen LogP contribution is 2.25. The number of benzene rings is 1. The van der Waals surface area contributed by atoms with E-state index in [-0.39, 0.29) is 0 Å². The number of aliphatic carboxylic acids is 1. The molecule has 0 heterocycles. The maximum absolute atomic E-state index is 10.9. The van der Waals surface area contributed by atoms with Crippen molar-refractivity contribution in [1.29, 1.82) is 0 Å². The Balaban J connectivity index is 2.95. The number of rotatable bonds is 4. The summed E-state index contributed by atoms with van der Waals surface area (Å²) < 4.78 is 1.01. The van der Waals surface area contributed by atoms with Gasteiger partial charge in [-0.2, -0.15) is 0 Å². The van der Waals surface area contributed by atoms with E-state index in [0.717, 1.165) is 16.5 Å². The summed E-state index contributed by atoms with van der Waals surface area (Å²) in [6, 6.07) is 5.83. The smallest absolute Gasteiger partial charge is 0.310 e. The van der Waals surface area contributed by atoms with Crippen molar-refractivity contribution in [2.24, 2.45) is 5.92 Å². The summed E-state index contributed by atoms with van der Waals surface area (Å²) in [6.07, 6.45) is 1.00. The molecule has 0 bridgehead atoms. The average molecular weight is 285 g/mol. The highest BCUT2D eigenvalue weighted by molar-refractivity contribution is 9.10. The van der Waals surface area contributed by atoms with Crippen LogP contribution in [0.3, 0.4) is 0 Å². The van der Waals surface area contributed by atoms with Crippen LogP contribution in [-0.4, -0.2) is 11.1 Å². The first kappa shape index (κ1) is 13.2. The Morgan fingerprint density at radius 2 is 2.00 bits per heavy atom. The van der Waals surface area contributed by atoms with Gasteiger partial charge < -0.3 is 5.11 Å². The molecule has 0 radical (unpaired) electrons. The zero-order valence-electron chi connectivity index (χ0n) is 9.83. The van der Waals surface area contributed by atoms with Crippen LogP contribution in [0.15, 0.2) is 22.7 Å². The maximum atomic E-state index is 10.9. The largest absolute Gasteiger partial charge is 0.481 e. The fourth-order valence-electron chi connectivity index (χ4n) is 1.58. The Kier molecular flexibility index (Phi) is 4.54. The van der Waals surface area contributed by atoms with Crippen molar-refractivity contribution in [1.82, 2.24) is 0 Å². The van der Waals surface area contributed by atoms with Crippen LogP contribution in [0.5, 0.6) is 0 Å². The molecule has 2 nitrogen and oxygen atoms in total. The first-order valence-electron chi connectivity index (χ1n) is 5.43. The molecule has 0 aliphatic heterocycles. The predicted molar refractivity (Wildman–Crippen MR) is 68.7 cm³/mol. The molecule has 0 aliphatic carbocycles. The van der Waals surface area contributed by atoms with Crippen molar-refractivity contribution >= 4 is 21.9 Å². The number of hydrogen-bond acceptors (Lipinski definition) is 1. The van der Waals surface area contributed by atoms with Crippen LogP contribution in [0, 0.1) is 5.92 Å². The van der Waals surface area contributed by atoms with Crippen molar-refractivity contribution in [3.63, 3.8) is 0 Å². The first-order chi connectivity index (χ1) is 7.41. The quantitative estimate of drug-likeness (QED) is 0.912. The zero-order chi connectivity index (χ0) is 12.3. The van der Waals surface area contributed by atoms with E-state index >= 15 is 0 Å². The fourth-order valence-corrected chi connectivity index (χ4v) is 2.14. The second-order valence-corrected chi connectivity index (χ2v) is 5.36. The van der Waals surface area contributed by atoms with Gasteiger partial charge in [-0.05, 0) is 36.5 Å². The minimum absolute atomic E-state index is 0.454. The zero-order valence-corrected chi connectivity index (χ0v) is 11.4. The Bertz CT molecular complexity index is 386. The molecule has 0 amide bonds. The highest BCUT2D eigenvalue weighted by atomic mass is 79.9. The van der Waals surface area contributed by atoms with Gasteiger partial charge in [0.1, 0.15) is 0 Å². The van der Waals surface area contributed by atoms with Crippen LogP contribution in [0.1, 0.15) is 37.8 Å². The van der Waals surface area contributed by atoms with Gasteiger partial charge in [0.25, 0.3) is 0 Å². The Labute approximate surface area is 105 Å². The summed E-state index contributed by atoms with van der Waals surface area (Å²) in [5.41, 5.74) is 2.07. The molecule has 1 unspecified atom stereocenters. The van der Waals surface area contributed by atoms with Gasteiger partial charge in [-0.3, -0.25) is 4.79 Å². The highest BCUT2D eigenvalue weighted by Gasteiger charge is 2.14. The molecule has 88 valence electrons. The van der Waals surface area contributed by atoms with E-state index in [1.807, 2.05) is 18.2 Å². The van der Waals surface area contributed by atoms with Crippen molar-refractivity contribution in [3.05, 3.63) is 33.8 Å². The monoisotopic (exact) mass is 284 g/mol. The topological polar surface area (TPSA) is 37.3 Å². The summed E-state index contributed by atoms with van der Waals surface area (Å²) in [6.45, 7) is 6.03. The maximum Gasteiger partial charge on any atom is 0.310 e. The molecule has 16 heavy (non-hydrogen) atoms. The summed E-state index contributed by atoms with van der Waals surface area (Å²) >= 11 is 3.50. The molecule has 0 spiro atoms. The lowest BCUT2D eigenvalue weighted by Gasteiger charge is -2.11. The predicted octanol–water partition coefficient (Wildman–Crippen LogP) is 3.84. The van der Waals surface area contributed by atoms with Crippen LogP contribution in [0.2, 0.25) is 0 Å². The average Bonchev–Trinajstić information content (AvgIpc) is 2.19. The molecule has 3 heteroatoms. The Morgan fingerprint density at radius 3 is 2.44 bits per heavy atom. The number of carboxylic acid groups (broad SMARTS) is 1. The van der Waals surface area contributed by atoms with E-state index in [4.69, 9.17) is 5.11 Å². The molecule has 0 aromatic heterocycles. The van der Waals surface area contributed by atoms with Crippen LogP contribution in [-0.2, 0) is 11.2 Å². The molecule has 1 aromatic carbocycles. The molecule has 0 aliphatic rings. The number of carbonyl (C=O) groups is 1. The molecule has 1 N–H and O–H groups in total. The molecular formula is C13H17BrO2. The molecule has 1 aromatic rings. The fraction of sp³-hybridized carbons (Fsp3) is 0.462. The van der Waals surface area contributed by atoms with Gasteiger partial charge in [-0.15, -0.1) is 0 Å². The number of carboxylic acids is 1. The molecule has 0 saturated carbocycles. The Hall–Kier alpha value is -0.830. The number of halogens is 1. The van der Waals surface area contributed by atoms with E-state index in [0.29, 0.717) is 5.92 Å². The van der Waals surface area contributed by atoms with E-state index in [1.165, 1.54) is 5.56 Å². The van der Waals surface area contributed by atoms with E-state index in [2.05, 4.69) is 29.8 Å². The van der Waals surface area contributed by atoms with E-state index in [1.54, 1.807) is 6.92 Å². The first-order valence-corrected chi connectivity index (χ1v) is 6.22. The van der Waals surface area contributed by atoms with Crippen LogP contribution in [0.25, 0.3) is 0 Å². The van der Waals surface area contributed by atoms with E-state index < -0.39 is 11.9 Å². The SMILES string of the molecule is CC(C)Cc1ccc(C(C)C(=O)O)cc1Br. The second kappa shape index (κ2) is 5.48. The van der Waals surface area contributed by atoms with Gasteiger partial charge in [0.15, 0.2) is 0 Å². The lowest BCUT2D eigenvalue weighted by atomic mass is 9.97. The third-order valence-electron chi connectivity index (χ3n) is 2.58. The lowest BCUT2D eigenvalue weighted by molar-refractivity contribution is -0.138. The van der Waals surface area contributed by atoms with Gasteiger partial charge in [-0.25, -0.2) is 0 Å². The molecule has 1 rings (SSSR count). The van der Waals surface area contributed by atoms with E-state index in [9.17, 15) is 4.79 Å². The molecule has 0 saturated heterocycles. The summed E-state index contributed by atoms with van der Waals surface area (Å²) in [4.78, 5) is 10.9. The van der Waals surface area contributed by atoms with Gasteiger partial charge in [0, 0.05) is 4.47 Å². The minimum atomic E-state index is -0.788. The summed E-state index contributed by atoms with van der Waals surface area (Å²) in [5.74, 6) is -0.646. The minimum Gasteiger partial charge on any atom is -0.481 e. The van der Waals surface area contributed by atoms with Gasteiger partial charge in [-0.1, -0.05) is 41.9 Å². The van der Waals surface area contributed by atoms with Crippen molar-refractivity contribution in [3.8, 4) is 0 Å². The van der Waals surface area contributed by atoms with Crippen molar-refractivity contribution in [2.75, 3.05) is 0 Å². The summed E-state index contributed by atoms with van der Waals surface area (Å²) in [7, 11) is 0. The molecule has 0 fully saturated rings. The molecule has 1 atom stereocenters. The third kappa shape index (κ3) is 3.34. The normalized spacial score (nSPS) is 12.8.